The smallest absolute Gasteiger partial charge is 0.243 e. The number of carbonyl (C=O) groups is 2. The first-order chi connectivity index (χ1) is 20.7. The van der Waals surface area contributed by atoms with Crippen LogP contribution >= 0.6 is 11.6 Å². The zero-order valence-corrected chi connectivity index (χ0v) is 26.1. The summed E-state index contributed by atoms with van der Waals surface area (Å²) in [5.41, 5.74) is 2.64. The lowest BCUT2D eigenvalue weighted by atomic mass is 10.0. The first-order valence-corrected chi connectivity index (χ1v) is 16.7. The molecule has 1 fully saturated rings. The maximum absolute atomic E-state index is 13.9. The van der Waals surface area contributed by atoms with Gasteiger partial charge in [-0.1, -0.05) is 66.2 Å². The average Bonchev–Trinajstić information content (AvgIpc) is 3.82. The Morgan fingerprint density at radius 3 is 2.28 bits per heavy atom. The van der Waals surface area contributed by atoms with Crippen molar-refractivity contribution in [2.45, 2.75) is 69.0 Å². The minimum absolute atomic E-state index is 0.0274. The second-order valence-corrected chi connectivity index (χ2v) is 12.9. The molecule has 1 aliphatic carbocycles. The molecule has 0 saturated heterocycles. The van der Waals surface area contributed by atoms with Crippen LogP contribution in [0.1, 0.15) is 49.3 Å². The van der Waals surface area contributed by atoms with E-state index < -0.39 is 16.1 Å². The summed E-state index contributed by atoms with van der Waals surface area (Å²) in [5, 5.41) is 3.60. The zero-order valence-electron chi connectivity index (χ0n) is 24.5. The lowest BCUT2D eigenvalue weighted by Gasteiger charge is -2.32. The highest BCUT2D eigenvalue weighted by molar-refractivity contribution is 7.89. The first-order valence-electron chi connectivity index (χ1n) is 14.8. The third-order valence-corrected chi connectivity index (χ3v) is 9.05. The molecular weight excluding hydrogens is 586 g/mol. The number of hydrogen-bond donors (Lipinski definition) is 2. The summed E-state index contributed by atoms with van der Waals surface area (Å²) in [7, 11) is -3.55. The predicted molar refractivity (Wildman–Crippen MR) is 168 cm³/mol. The molecule has 2 amide bonds. The molecule has 1 saturated carbocycles. The van der Waals surface area contributed by atoms with Crippen molar-refractivity contribution in [3.05, 3.63) is 101 Å². The van der Waals surface area contributed by atoms with Gasteiger partial charge in [0.15, 0.2) is 0 Å². The highest BCUT2D eigenvalue weighted by atomic mass is 35.5. The second kappa shape index (κ2) is 16.0. The van der Waals surface area contributed by atoms with Gasteiger partial charge in [0.05, 0.1) is 4.90 Å². The molecule has 0 bridgehead atoms. The highest BCUT2D eigenvalue weighted by Gasteiger charge is 2.30. The fraction of sp³-hybridized carbons (Fsp3) is 0.394. The zero-order chi connectivity index (χ0) is 30.7. The lowest BCUT2D eigenvalue weighted by molar-refractivity contribution is -0.141. The Bertz CT molecular complexity index is 1430. The van der Waals surface area contributed by atoms with Crippen LogP contribution in [-0.4, -0.2) is 57.0 Å². The van der Waals surface area contributed by atoms with Crippen LogP contribution in [0.5, 0.6) is 0 Å². The van der Waals surface area contributed by atoms with E-state index in [1.165, 1.54) is 0 Å². The Hall–Kier alpha value is -3.24. The molecule has 10 heteroatoms. The monoisotopic (exact) mass is 625 g/mol. The number of sulfonamides is 1. The van der Waals surface area contributed by atoms with E-state index in [0.717, 1.165) is 29.5 Å². The molecule has 0 radical (unpaired) electrons. The van der Waals surface area contributed by atoms with Gasteiger partial charge in [-0.05, 0) is 73.6 Å². The molecule has 0 heterocycles. The van der Waals surface area contributed by atoms with Crippen molar-refractivity contribution in [3.63, 3.8) is 0 Å². The summed E-state index contributed by atoms with van der Waals surface area (Å²) in [5.74, 6) is -0.396. The van der Waals surface area contributed by atoms with E-state index in [1.54, 1.807) is 41.3 Å². The minimum Gasteiger partial charge on any atom is -0.382 e. The summed E-state index contributed by atoms with van der Waals surface area (Å²) >= 11 is 6.11. The van der Waals surface area contributed by atoms with Crippen molar-refractivity contribution in [2.75, 3.05) is 19.8 Å². The molecule has 0 aliphatic heterocycles. The molecule has 4 rings (SSSR count). The number of halogens is 1. The van der Waals surface area contributed by atoms with E-state index in [9.17, 15) is 18.0 Å². The number of rotatable bonds is 17. The quantitative estimate of drug-likeness (QED) is 0.208. The van der Waals surface area contributed by atoms with Crippen molar-refractivity contribution in [2.24, 2.45) is 0 Å². The molecule has 1 atom stereocenters. The molecule has 43 heavy (non-hydrogen) atoms. The van der Waals surface area contributed by atoms with Crippen molar-refractivity contribution in [3.8, 4) is 0 Å². The Balaban J connectivity index is 1.51. The number of nitrogens with one attached hydrogen (secondary N) is 2. The van der Waals surface area contributed by atoms with Gasteiger partial charge in [0.2, 0.25) is 21.8 Å². The van der Waals surface area contributed by atoms with Gasteiger partial charge >= 0.3 is 0 Å². The van der Waals surface area contributed by atoms with E-state index in [0.29, 0.717) is 44.0 Å². The second-order valence-electron chi connectivity index (χ2n) is 10.7. The first kappa shape index (κ1) is 32.7. The van der Waals surface area contributed by atoms with Crippen molar-refractivity contribution in [1.29, 1.82) is 0 Å². The Morgan fingerprint density at radius 2 is 1.63 bits per heavy atom. The Kier molecular flexibility index (Phi) is 12.2. The van der Waals surface area contributed by atoms with Gasteiger partial charge < -0.3 is 15.0 Å². The van der Waals surface area contributed by atoms with Crippen LogP contribution in [-0.2, 0) is 43.7 Å². The normalized spacial score (nSPS) is 13.8. The van der Waals surface area contributed by atoms with E-state index in [1.807, 2.05) is 49.4 Å². The van der Waals surface area contributed by atoms with Gasteiger partial charge in [-0.15, -0.1) is 0 Å². The van der Waals surface area contributed by atoms with E-state index >= 15 is 0 Å². The largest absolute Gasteiger partial charge is 0.382 e. The third-order valence-electron chi connectivity index (χ3n) is 7.27. The number of amides is 2. The minimum atomic E-state index is -3.55. The molecule has 1 aliphatic rings. The molecule has 0 aromatic heterocycles. The van der Waals surface area contributed by atoms with Gasteiger partial charge in [0.1, 0.15) is 6.04 Å². The van der Waals surface area contributed by atoms with Crippen molar-refractivity contribution >= 4 is 33.4 Å². The SMILES string of the molecule is CCOCCCNC(=O)[C@@H](Cc1ccccc1)N(Cc1ccc(Cl)cc1)C(=O)CCc1ccc(S(=O)(=O)NC2CC2)cc1. The van der Waals surface area contributed by atoms with Crippen LogP contribution in [0, 0.1) is 0 Å². The number of hydrogen-bond acceptors (Lipinski definition) is 5. The average molecular weight is 626 g/mol. The molecule has 3 aromatic rings. The number of aryl methyl sites for hydroxylation is 1. The maximum Gasteiger partial charge on any atom is 0.243 e. The molecule has 0 spiro atoms. The Morgan fingerprint density at radius 1 is 0.953 bits per heavy atom. The summed E-state index contributed by atoms with van der Waals surface area (Å²) in [6.45, 7) is 3.77. The molecular formula is C33H40ClN3O5S. The van der Waals surface area contributed by atoms with Gasteiger partial charge in [0.25, 0.3) is 0 Å². The number of ether oxygens (including phenoxy) is 1. The van der Waals surface area contributed by atoms with Gasteiger partial charge in [0, 0.05) is 50.2 Å². The van der Waals surface area contributed by atoms with Crippen LogP contribution in [0.15, 0.2) is 83.8 Å². The van der Waals surface area contributed by atoms with E-state index in [4.69, 9.17) is 16.3 Å². The van der Waals surface area contributed by atoms with Gasteiger partial charge in [-0.25, -0.2) is 13.1 Å². The van der Waals surface area contributed by atoms with E-state index in [-0.39, 0.29) is 35.7 Å². The van der Waals surface area contributed by atoms with Crippen molar-refractivity contribution in [1.82, 2.24) is 14.9 Å². The van der Waals surface area contributed by atoms with E-state index in [2.05, 4.69) is 10.0 Å². The van der Waals surface area contributed by atoms with Crippen LogP contribution in [0.25, 0.3) is 0 Å². The van der Waals surface area contributed by atoms with Gasteiger partial charge in [-0.3, -0.25) is 9.59 Å². The van der Waals surface area contributed by atoms with Crippen molar-refractivity contribution < 1.29 is 22.7 Å². The third kappa shape index (κ3) is 10.5. The molecule has 3 aromatic carbocycles. The van der Waals surface area contributed by atoms with Crippen LogP contribution in [0.3, 0.4) is 0 Å². The summed E-state index contributed by atoms with van der Waals surface area (Å²) in [4.78, 5) is 29.4. The fourth-order valence-electron chi connectivity index (χ4n) is 4.71. The summed E-state index contributed by atoms with van der Waals surface area (Å²) in [6, 6.07) is 22.8. The number of benzene rings is 3. The standard InChI is InChI=1S/C33H40ClN3O5S/c1-2-42-22-6-21-35-33(39)31(23-26-7-4-3-5-8-26)37(24-27-9-14-28(34)15-10-27)32(38)20-13-25-11-18-30(19-12-25)43(40,41)36-29-16-17-29/h3-5,7-12,14-15,18-19,29,31,36H,2,6,13,16-17,20-24H2,1H3,(H,35,39)/t31-/m1/s1. The molecule has 0 unspecified atom stereocenters. The molecule has 230 valence electrons. The predicted octanol–water partition coefficient (Wildman–Crippen LogP) is 4.90. The number of carbonyl (C=O) groups excluding carboxylic acids is 2. The summed E-state index contributed by atoms with van der Waals surface area (Å²) in [6.07, 6.45) is 3.32. The highest BCUT2D eigenvalue weighted by Crippen LogP contribution is 2.23. The fourth-order valence-corrected chi connectivity index (χ4v) is 6.14. The Labute approximate surface area is 259 Å². The van der Waals surface area contributed by atoms with Crippen LogP contribution in [0.4, 0.5) is 0 Å². The topological polar surface area (TPSA) is 105 Å². The maximum atomic E-state index is 13.9. The van der Waals surface area contributed by atoms with Crippen LogP contribution < -0.4 is 10.0 Å². The van der Waals surface area contributed by atoms with Crippen LogP contribution in [0.2, 0.25) is 5.02 Å². The molecule has 8 nitrogen and oxygen atoms in total. The number of nitrogens with zero attached hydrogens (tertiary/aromatic N) is 1. The lowest BCUT2D eigenvalue weighted by Crippen LogP contribution is -2.50. The molecule has 2 N–H and O–H groups in total. The summed E-state index contributed by atoms with van der Waals surface area (Å²) < 4.78 is 33.2. The van der Waals surface area contributed by atoms with Gasteiger partial charge in [-0.2, -0.15) is 0 Å².